The number of esters is 1. The number of hydrogen-bond acceptors (Lipinski definition) is 6. The number of para-hydroxylation sites is 1. The maximum absolute atomic E-state index is 11.6. The number of aromatic nitrogens is 1. The van der Waals surface area contributed by atoms with Gasteiger partial charge in [0.1, 0.15) is 12.4 Å². The molecule has 5 heterocycles. The molecule has 3 saturated heterocycles. The van der Waals surface area contributed by atoms with Crippen LogP contribution in [0.2, 0.25) is 0 Å². The third kappa shape index (κ3) is 3.59. The van der Waals surface area contributed by atoms with E-state index in [1.54, 1.807) is 0 Å². The average Bonchev–Trinajstić information content (AvgIpc) is 3.41. The molecule has 3 atom stereocenters. The number of carbonyl (C=O) groups is 1. The number of pyridine rings is 1. The van der Waals surface area contributed by atoms with Crippen LogP contribution in [0.5, 0.6) is 0 Å². The van der Waals surface area contributed by atoms with E-state index >= 15 is 0 Å². The van der Waals surface area contributed by atoms with Gasteiger partial charge < -0.3 is 9.64 Å². The highest BCUT2D eigenvalue weighted by Gasteiger charge is 2.51. The van der Waals surface area contributed by atoms with Crippen molar-refractivity contribution in [2.24, 2.45) is 0 Å². The second-order valence-electron chi connectivity index (χ2n) is 8.53. The summed E-state index contributed by atoms with van der Waals surface area (Å²) in [4.78, 5) is 19.0. The molecule has 0 radical (unpaired) electrons. The lowest BCUT2D eigenvalue weighted by molar-refractivity contribution is -0.176. The highest BCUT2D eigenvalue weighted by Crippen LogP contribution is 2.39. The zero-order chi connectivity index (χ0) is 20.5. The molecule has 2 aromatic rings. The fourth-order valence-corrected chi connectivity index (χ4v) is 5.32. The molecule has 3 unspecified atom stereocenters. The Hall–Kier alpha value is -2.44. The predicted octanol–water partition coefficient (Wildman–Crippen LogP) is 3.34. The van der Waals surface area contributed by atoms with Gasteiger partial charge in [-0.2, -0.15) is 0 Å². The first kappa shape index (κ1) is 19.5. The number of fused-ring (bicyclic) bond motifs is 2. The lowest BCUT2D eigenvalue weighted by atomic mass is 9.97. The van der Waals surface area contributed by atoms with E-state index in [1.165, 1.54) is 30.5 Å². The zero-order valence-corrected chi connectivity index (χ0v) is 17.7. The lowest BCUT2D eigenvalue weighted by Crippen LogP contribution is -2.65. The number of anilines is 2. The standard InChI is InChI=1S/C24H30N4O2/c1-30-23(29)17-28-22-14-16-27(28)21(22)11-5-8-19-13-12-18-7-6-15-26(24(18)25-19)20-9-3-2-4-10-20/h2-4,9-10,12-13,21-22H,5-8,11,14-17H2,1H3. The van der Waals surface area contributed by atoms with Gasteiger partial charge in [-0.1, -0.05) is 24.3 Å². The predicted molar refractivity (Wildman–Crippen MR) is 117 cm³/mol. The Bertz CT molecular complexity index is 891. The van der Waals surface area contributed by atoms with Crippen LogP contribution in [0.1, 0.15) is 36.9 Å². The van der Waals surface area contributed by atoms with Crippen LogP contribution in [0, 0.1) is 0 Å². The van der Waals surface area contributed by atoms with Crippen LogP contribution in [0.4, 0.5) is 11.5 Å². The van der Waals surface area contributed by atoms with Crippen molar-refractivity contribution in [3.8, 4) is 0 Å². The maximum Gasteiger partial charge on any atom is 0.321 e. The van der Waals surface area contributed by atoms with Gasteiger partial charge >= 0.3 is 5.97 Å². The fourth-order valence-electron chi connectivity index (χ4n) is 5.32. The molecule has 0 saturated carbocycles. The lowest BCUT2D eigenvalue weighted by Gasteiger charge is -2.49. The number of hydrogen-bond donors (Lipinski definition) is 0. The van der Waals surface area contributed by atoms with E-state index in [0.29, 0.717) is 18.6 Å². The van der Waals surface area contributed by atoms with Crippen molar-refractivity contribution in [2.45, 2.75) is 50.6 Å². The molecule has 4 aliphatic heterocycles. The van der Waals surface area contributed by atoms with Crippen molar-refractivity contribution >= 4 is 17.5 Å². The number of carbonyl (C=O) groups excluding carboxylic acids is 1. The largest absolute Gasteiger partial charge is 0.468 e. The Balaban J connectivity index is 1.20. The summed E-state index contributed by atoms with van der Waals surface area (Å²) in [5, 5.41) is 4.55. The van der Waals surface area contributed by atoms with Crippen molar-refractivity contribution in [1.29, 1.82) is 0 Å². The third-order valence-corrected chi connectivity index (χ3v) is 6.81. The molecule has 0 aliphatic carbocycles. The van der Waals surface area contributed by atoms with E-state index in [1.807, 2.05) is 0 Å². The molecule has 3 fully saturated rings. The van der Waals surface area contributed by atoms with Crippen LogP contribution in [0.25, 0.3) is 0 Å². The zero-order valence-electron chi connectivity index (χ0n) is 17.7. The maximum atomic E-state index is 11.6. The summed E-state index contributed by atoms with van der Waals surface area (Å²) in [6.45, 7) is 2.48. The van der Waals surface area contributed by atoms with Crippen molar-refractivity contribution < 1.29 is 9.53 Å². The van der Waals surface area contributed by atoms with E-state index in [0.717, 1.165) is 51.0 Å². The molecule has 0 spiro atoms. The second-order valence-corrected chi connectivity index (χ2v) is 8.53. The minimum absolute atomic E-state index is 0.147. The first-order valence-electron chi connectivity index (χ1n) is 11.2. The molecular formula is C24H30N4O2. The van der Waals surface area contributed by atoms with Crippen LogP contribution in [-0.4, -0.2) is 59.8 Å². The molecule has 0 N–H and O–H groups in total. The number of methoxy groups -OCH3 is 1. The summed E-state index contributed by atoms with van der Waals surface area (Å²) in [6, 6.07) is 16.2. The van der Waals surface area contributed by atoms with Gasteiger partial charge in [0.05, 0.1) is 7.11 Å². The number of benzene rings is 1. The minimum atomic E-state index is -0.147. The van der Waals surface area contributed by atoms with E-state index in [9.17, 15) is 4.79 Å². The number of nitrogens with zero attached hydrogens (tertiary/aromatic N) is 4. The van der Waals surface area contributed by atoms with Crippen LogP contribution in [0.15, 0.2) is 42.5 Å². The SMILES string of the molecule is COC(=O)CN1C2CCN1C2CCCc1ccc2c(n1)N(c1ccccc1)CCC2. The van der Waals surface area contributed by atoms with Crippen LogP contribution in [-0.2, 0) is 22.4 Å². The molecule has 30 heavy (non-hydrogen) atoms. The van der Waals surface area contributed by atoms with Crippen molar-refractivity contribution in [1.82, 2.24) is 15.0 Å². The Morgan fingerprint density at radius 2 is 2.03 bits per heavy atom. The first-order valence-corrected chi connectivity index (χ1v) is 11.2. The summed E-state index contributed by atoms with van der Waals surface area (Å²) in [7, 11) is 1.46. The van der Waals surface area contributed by atoms with Gasteiger partial charge in [0.15, 0.2) is 0 Å². The monoisotopic (exact) mass is 406 g/mol. The molecule has 0 amide bonds. The van der Waals surface area contributed by atoms with Gasteiger partial charge in [0, 0.05) is 36.6 Å². The summed E-state index contributed by atoms with van der Waals surface area (Å²) in [5.41, 5.74) is 3.77. The van der Waals surface area contributed by atoms with Crippen molar-refractivity contribution in [3.05, 3.63) is 53.7 Å². The average molecular weight is 407 g/mol. The number of ether oxygens (including phenoxy) is 1. The van der Waals surface area contributed by atoms with Crippen LogP contribution < -0.4 is 4.90 Å². The van der Waals surface area contributed by atoms with Gasteiger partial charge in [-0.15, -0.1) is 0 Å². The molecule has 6 nitrogen and oxygen atoms in total. The van der Waals surface area contributed by atoms with Gasteiger partial charge in [-0.05, 0) is 62.3 Å². The molecular weight excluding hydrogens is 376 g/mol. The van der Waals surface area contributed by atoms with Crippen molar-refractivity contribution in [2.75, 3.05) is 31.6 Å². The Morgan fingerprint density at radius 3 is 2.80 bits per heavy atom. The second kappa shape index (κ2) is 8.36. The van der Waals surface area contributed by atoms with Crippen molar-refractivity contribution in [3.63, 3.8) is 0 Å². The molecule has 1 aromatic carbocycles. The van der Waals surface area contributed by atoms with Crippen LogP contribution in [0.3, 0.4) is 0 Å². The Labute approximate surface area is 178 Å². The summed E-state index contributed by atoms with van der Waals surface area (Å²) >= 11 is 0. The molecule has 6 rings (SSSR count). The van der Waals surface area contributed by atoms with E-state index in [-0.39, 0.29) is 5.97 Å². The fraction of sp³-hybridized carbons (Fsp3) is 0.500. The van der Waals surface area contributed by atoms with Gasteiger partial charge in [-0.25, -0.2) is 15.0 Å². The molecule has 1 aromatic heterocycles. The highest BCUT2D eigenvalue weighted by molar-refractivity contribution is 5.71. The smallest absolute Gasteiger partial charge is 0.321 e. The van der Waals surface area contributed by atoms with Gasteiger partial charge in [0.2, 0.25) is 0 Å². The number of hydrazine groups is 1. The molecule has 158 valence electrons. The summed E-state index contributed by atoms with van der Waals surface area (Å²) in [6.07, 6.45) is 6.73. The molecule has 4 aliphatic rings. The molecule has 6 heteroatoms. The van der Waals surface area contributed by atoms with Gasteiger partial charge in [0.25, 0.3) is 0 Å². The number of rotatable bonds is 7. The van der Waals surface area contributed by atoms with Crippen LogP contribution >= 0.6 is 0 Å². The Kier molecular flexibility index (Phi) is 5.44. The quantitative estimate of drug-likeness (QED) is 0.658. The number of aryl methyl sites for hydroxylation is 2. The van der Waals surface area contributed by atoms with E-state index in [2.05, 4.69) is 57.4 Å². The topological polar surface area (TPSA) is 48.9 Å². The normalized spacial score (nSPS) is 25.0. The summed E-state index contributed by atoms with van der Waals surface area (Å²) < 4.78 is 4.82. The first-order chi connectivity index (χ1) is 14.7. The minimum Gasteiger partial charge on any atom is -0.468 e. The van der Waals surface area contributed by atoms with E-state index in [4.69, 9.17) is 9.72 Å². The summed E-state index contributed by atoms with van der Waals surface area (Å²) in [5.74, 6) is 0.994. The highest BCUT2D eigenvalue weighted by atomic mass is 16.5. The third-order valence-electron chi connectivity index (χ3n) is 6.81. The van der Waals surface area contributed by atoms with E-state index < -0.39 is 0 Å². The van der Waals surface area contributed by atoms with Gasteiger partial charge in [-0.3, -0.25) is 4.79 Å². The Morgan fingerprint density at radius 1 is 1.17 bits per heavy atom. The molecule has 2 bridgehead atoms.